The van der Waals surface area contributed by atoms with Gasteiger partial charge in [0.15, 0.2) is 0 Å². The first-order valence-electron chi connectivity index (χ1n) is 8.92. The molecule has 0 bridgehead atoms. The van der Waals surface area contributed by atoms with Gasteiger partial charge in [-0.1, -0.05) is 0 Å². The van der Waals surface area contributed by atoms with E-state index in [-0.39, 0.29) is 6.04 Å². The SMILES string of the molecule is Cc1nn(C(C)C)c(C)c1CN(C)c1cc(C2CC(N)C2)nc(N)n1. The van der Waals surface area contributed by atoms with E-state index in [4.69, 9.17) is 11.5 Å². The predicted molar refractivity (Wildman–Crippen MR) is 101 cm³/mol. The fourth-order valence-electron chi connectivity index (χ4n) is 3.53. The molecule has 0 aromatic carbocycles. The van der Waals surface area contributed by atoms with E-state index in [1.807, 2.05) is 13.1 Å². The van der Waals surface area contributed by atoms with Gasteiger partial charge in [-0.3, -0.25) is 4.68 Å². The zero-order chi connectivity index (χ0) is 18.3. The van der Waals surface area contributed by atoms with E-state index in [0.717, 1.165) is 36.6 Å². The molecule has 0 saturated heterocycles. The Bertz CT molecular complexity index is 759. The van der Waals surface area contributed by atoms with Crippen LogP contribution in [0.2, 0.25) is 0 Å². The van der Waals surface area contributed by atoms with Crippen LogP contribution in [-0.4, -0.2) is 32.8 Å². The zero-order valence-corrected chi connectivity index (χ0v) is 15.8. The van der Waals surface area contributed by atoms with E-state index in [1.54, 1.807) is 0 Å². The Balaban J connectivity index is 1.83. The highest BCUT2D eigenvalue weighted by Gasteiger charge is 2.29. The molecule has 2 heterocycles. The highest BCUT2D eigenvalue weighted by Crippen LogP contribution is 2.36. The van der Waals surface area contributed by atoms with E-state index in [2.05, 4.69) is 52.3 Å². The second kappa shape index (κ2) is 6.63. The van der Waals surface area contributed by atoms with E-state index >= 15 is 0 Å². The lowest BCUT2D eigenvalue weighted by Crippen LogP contribution is -2.35. The topological polar surface area (TPSA) is 98.9 Å². The fraction of sp³-hybridized carbons (Fsp3) is 0.611. The van der Waals surface area contributed by atoms with Crippen LogP contribution in [0.1, 0.15) is 61.3 Å². The van der Waals surface area contributed by atoms with E-state index in [9.17, 15) is 0 Å². The van der Waals surface area contributed by atoms with Crippen LogP contribution in [0.25, 0.3) is 0 Å². The average Bonchev–Trinajstić information content (AvgIpc) is 2.79. The number of nitrogen functional groups attached to an aromatic ring is 1. The molecule has 0 spiro atoms. The molecule has 0 unspecified atom stereocenters. The number of rotatable bonds is 5. The summed E-state index contributed by atoms with van der Waals surface area (Å²) in [6, 6.07) is 2.68. The van der Waals surface area contributed by atoms with Gasteiger partial charge in [-0.2, -0.15) is 10.1 Å². The van der Waals surface area contributed by atoms with Crippen LogP contribution in [0, 0.1) is 13.8 Å². The van der Waals surface area contributed by atoms with Gasteiger partial charge in [0.25, 0.3) is 0 Å². The molecule has 2 aromatic rings. The van der Waals surface area contributed by atoms with Gasteiger partial charge in [-0.25, -0.2) is 4.98 Å². The van der Waals surface area contributed by atoms with Crippen molar-refractivity contribution in [2.24, 2.45) is 5.73 Å². The zero-order valence-electron chi connectivity index (χ0n) is 15.8. The van der Waals surface area contributed by atoms with Gasteiger partial charge in [0, 0.05) is 48.9 Å². The van der Waals surface area contributed by atoms with Crippen LogP contribution in [0.3, 0.4) is 0 Å². The molecular formula is C18H29N7. The smallest absolute Gasteiger partial charge is 0.222 e. The van der Waals surface area contributed by atoms with Crippen molar-refractivity contribution in [1.29, 1.82) is 0 Å². The minimum absolute atomic E-state index is 0.287. The Hall–Kier alpha value is -2.15. The number of hydrogen-bond donors (Lipinski definition) is 2. The summed E-state index contributed by atoms with van der Waals surface area (Å²) in [6.07, 6.45) is 1.94. The third-order valence-corrected chi connectivity index (χ3v) is 5.09. The largest absolute Gasteiger partial charge is 0.368 e. The highest BCUT2D eigenvalue weighted by molar-refractivity contribution is 5.45. The lowest BCUT2D eigenvalue weighted by atomic mass is 9.78. The third kappa shape index (κ3) is 3.46. The molecule has 0 radical (unpaired) electrons. The van der Waals surface area contributed by atoms with Crippen LogP contribution in [0.5, 0.6) is 0 Å². The normalized spacial score (nSPS) is 20.0. The van der Waals surface area contributed by atoms with Crippen molar-refractivity contribution in [1.82, 2.24) is 19.7 Å². The fourth-order valence-corrected chi connectivity index (χ4v) is 3.53. The second-order valence-electron chi connectivity index (χ2n) is 7.48. The van der Waals surface area contributed by atoms with Crippen LogP contribution >= 0.6 is 0 Å². The molecule has 3 rings (SSSR count). The Morgan fingerprint density at radius 1 is 1.28 bits per heavy atom. The van der Waals surface area contributed by atoms with E-state index < -0.39 is 0 Å². The summed E-state index contributed by atoms with van der Waals surface area (Å²) >= 11 is 0. The summed E-state index contributed by atoms with van der Waals surface area (Å²) in [6.45, 7) is 9.22. The standard InChI is InChI=1S/C18H29N7/c1-10(2)25-12(4)15(11(3)23-25)9-24(5)17-8-16(21-18(20)22-17)13-6-14(19)7-13/h8,10,13-14H,6-7,9,19H2,1-5H3,(H2,20,21,22). The Kier molecular flexibility index (Phi) is 4.69. The summed E-state index contributed by atoms with van der Waals surface area (Å²) in [5, 5.41) is 4.67. The average molecular weight is 343 g/mol. The van der Waals surface area contributed by atoms with Gasteiger partial charge in [-0.15, -0.1) is 0 Å². The molecule has 1 fully saturated rings. The maximum absolute atomic E-state index is 5.95. The third-order valence-electron chi connectivity index (χ3n) is 5.09. The Morgan fingerprint density at radius 3 is 2.52 bits per heavy atom. The first-order valence-corrected chi connectivity index (χ1v) is 8.92. The summed E-state index contributed by atoms with van der Waals surface area (Å²) in [7, 11) is 2.03. The van der Waals surface area contributed by atoms with Crippen molar-refractivity contribution >= 4 is 11.8 Å². The minimum atomic E-state index is 0.287. The van der Waals surface area contributed by atoms with Gasteiger partial charge in [0.1, 0.15) is 5.82 Å². The van der Waals surface area contributed by atoms with E-state index in [0.29, 0.717) is 17.9 Å². The summed E-state index contributed by atoms with van der Waals surface area (Å²) in [5.41, 5.74) is 16.4. The van der Waals surface area contributed by atoms with Gasteiger partial charge in [0.2, 0.25) is 5.95 Å². The monoisotopic (exact) mass is 343 g/mol. The Morgan fingerprint density at radius 2 is 1.96 bits per heavy atom. The van der Waals surface area contributed by atoms with Crippen molar-refractivity contribution in [3.8, 4) is 0 Å². The van der Waals surface area contributed by atoms with Gasteiger partial charge >= 0.3 is 0 Å². The first-order chi connectivity index (χ1) is 11.8. The molecule has 1 saturated carbocycles. The molecule has 1 aliphatic carbocycles. The first kappa shape index (κ1) is 17.7. The molecule has 0 aliphatic heterocycles. The number of aromatic nitrogens is 4. The molecule has 25 heavy (non-hydrogen) atoms. The van der Waals surface area contributed by atoms with Crippen LogP contribution in [0.4, 0.5) is 11.8 Å². The number of nitrogens with two attached hydrogens (primary N) is 2. The lowest BCUT2D eigenvalue weighted by Gasteiger charge is -2.32. The molecule has 7 heteroatoms. The highest BCUT2D eigenvalue weighted by atomic mass is 15.3. The molecule has 136 valence electrons. The summed E-state index contributed by atoms with van der Waals surface area (Å²) in [4.78, 5) is 10.9. The van der Waals surface area contributed by atoms with Crippen molar-refractivity contribution in [2.45, 2.75) is 65.1 Å². The maximum Gasteiger partial charge on any atom is 0.222 e. The maximum atomic E-state index is 5.95. The summed E-state index contributed by atoms with van der Waals surface area (Å²) < 4.78 is 2.08. The minimum Gasteiger partial charge on any atom is -0.368 e. The molecule has 1 aliphatic rings. The van der Waals surface area contributed by atoms with Gasteiger partial charge in [0.05, 0.1) is 11.4 Å². The van der Waals surface area contributed by atoms with Crippen molar-refractivity contribution in [2.75, 3.05) is 17.7 Å². The number of anilines is 2. The number of nitrogens with zero attached hydrogens (tertiary/aromatic N) is 5. The van der Waals surface area contributed by atoms with Crippen LogP contribution in [0.15, 0.2) is 6.07 Å². The lowest BCUT2D eigenvalue weighted by molar-refractivity contribution is 0.345. The van der Waals surface area contributed by atoms with Crippen LogP contribution in [-0.2, 0) is 6.54 Å². The van der Waals surface area contributed by atoms with Crippen molar-refractivity contribution < 1.29 is 0 Å². The molecule has 7 nitrogen and oxygen atoms in total. The van der Waals surface area contributed by atoms with E-state index in [1.165, 1.54) is 11.3 Å². The molecular weight excluding hydrogens is 314 g/mol. The molecule has 4 N–H and O–H groups in total. The number of aryl methyl sites for hydroxylation is 1. The molecule has 0 amide bonds. The van der Waals surface area contributed by atoms with Crippen LogP contribution < -0.4 is 16.4 Å². The quantitative estimate of drug-likeness (QED) is 0.864. The van der Waals surface area contributed by atoms with Gasteiger partial charge in [-0.05, 0) is 40.5 Å². The van der Waals surface area contributed by atoms with Crippen molar-refractivity contribution in [3.63, 3.8) is 0 Å². The summed E-state index contributed by atoms with van der Waals surface area (Å²) in [5.74, 6) is 1.57. The molecule has 0 atom stereocenters. The van der Waals surface area contributed by atoms with Crippen molar-refractivity contribution in [3.05, 3.63) is 28.7 Å². The number of hydrogen-bond acceptors (Lipinski definition) is 6. The second-order valence-corrected chi connectivity index (χ2v) is 7.48. The Labute approximate surface area is 149 Å². The molecule has 2 aromatic heterocycles. The van der Waals surface area contributed by atoms with Gasteiger partial charge < -0.3 is 16.4 Å². The predicted octanol–water partition coefficient (Wildman–Crippen LogP) is 2.29.